The lowest BCUT2D eigenvalue weighted by molar-refractivity contribution is 0.145. The van der Waals surface area contributed by atoms with E-state index in [1.165, 1.54) is 24.3 Å². The number of nitrogens with one attached hydrogen (secondary N) is 1. The molecule has 2 aliphatic rings. The standard InChI is InChI=1S/C23H37N5O3/c1-3-4-14-30-23(29)26-15-19(28(2)25)21(24)18-12-13-20(22(27-18)16-10-11-16)31-17-8-6-5-7-9-17/h12-13,16-17H,3-11,14-15,24-25H2,1-2H3,(H,26,29)/b21-19-. The highest BCUT2D eigenvalue weighted by molar-refractivity contribution is 5.69. The first-order valence-corrected chi connectivity index (χ1v) is 11.5. The molecule has 1 amide bonds. The lowest BCUT2D eigenvalue weighted by atomic mass is 9.98. The van der Waals surface area contributed by atoms with Gasteiger partial charge >= 0.3 is 6.09 Å². The van der Waals surface area contributed by atoms with Crippen LogP contribution in [0.5, 0.6) is 5.75 Å². The molecule has 0 unspecified atom stereocenters. The van der Waals surface area contributed by atoms with Crippen LogP contribution in [0.25, 0.3) is 5.70 Å². The minimum absolute atomic E-state index is 0.157. The summed E-state index contributed by atoms with van der Waals surface area (Å²) in [5.41, 5.74) is 9.07. The largest absolute Gasteiger partial charge is 0.489 e. The Morgan fingerprint density at radius 1 is 1.23 bits per heavy atom. The summed E-state index contributed by atoms with van der Waals surface area (Å²) in [6.07, 6.45) is 9.80. The number of rotatable bonds is 10. The van der Waals surface area contributed by atoms with Crippen molar-refractivity contribution < 1.29 is 14.3 Å². The van der Waals surface area contributed by atoms with Gasteiger partial charge in [-0.05, 0) is 57.1 Å². The van der Waals surface area contributed by atoms with Crippen LogP contribution in [0.3, 0.4) is 0 Å². The molecule has 3 rings (SSSR count). The van der Waals surface area contributed by atoms with Crippen LogP contribution in [0, 0.1) is 0 Å². The molecule has 31 heavy (non-hydrogen) atoms. The summed E-state index contributed by atoms with van der Waals surface area (Å²) in [6.45, 7) is 2.59. The fourth-order valence-electron chi connectivity index (χ4n) is 3.80. The van der Waals surface area contributed by atoms with Gasteiger partial charge in [-0.3, -0.25) is 0 Å². The van der Waals surface area contributed by atoms with Crippen molar-refractivity contribution in [3.63, 3.8) is 0 Å². The third-order valence-electron chi connectivity index (χ3n) is 5.84. The molecule has 5 N–H and O–H groups in total. The molecule has 0 bridgehead atoms. The summed E-state index contributed by atoms with van der Waals surface area (Å²) in [5.74, 6) is 7.31. The van der Waals surface area contributed by atoms with Gasteiger partial charge in [-0.2, -0.15) is 0 Å². The predicted molar refractivity (Wildman–Crippen MR) is 121 cm³/mol. The van der Waals surface area contributed by atoms with Gasteiger partial charge in [0.25, 0.3) is 0 Å². The van der Waals surface area contributed by atoms with Gasteiger partial charge in [-0.25, -0.2) is 15.6 Å². The van der Waals surface area contributed by atoms with Crippen molar-refractivity contribution in [3.8, 4) is 5.75 Å². The summed E-state index contributed by atoms with van der Waals surface area (Å²) in [5, 5.41) is 4.13. The van der Waals surface area contributed by atoms with Crippen molar-refractivity contribution >= 4 is 11.8 Å². The molecule has 0 aliphatic heterocycles. The van der Waals surface area contributed by atoms with Crippen LogP contribution in [-0.2, 0) is 4.74 Å². The van der Waals surface area contributed by atoms with E-state index in [9.17, 15) is 4.79 Å². The van der Waals surface area contributed by atoms with Crippen LogP contribution in [0.15, 0.2) is 17.8 Å². The maximum absolute atomic E-state index is 11.9. The number of hydrazine groups is 1. The van der Waals surface area contributed by atoms with E-state index in [4.69, 9.17) is 26.0 Å². The molecule has 0 aromatic carbocycles. The number of amides is 1. The van der Waals surface area contributed by atoms with E-state index in [1.807, 2.05) is 19.1 Å². The third-order valence-corrected chi connectivity index (χ3v) is 5.84. The third kappa shape index (κ3) is 6.75. The molecule has 1 aromatic heterocycles. The Kier molecular flexibility index (Phi) is 8.40. The van der Waals surface area contributed by atoms with Crippen LogP contribution in [-0.4, -0.2) is 42.4 Å². The number of likely N-dealkylation sites (N-methyl/N-ethyl adjacent to an activating group) is 1. The van der Waals surface area contributed by atoms with E-state index < -0.39 is 6.09 Å². The normalized spacial score (nSPS) is 17.6. The Morgan fingerprint density at radius 2 is 1.97 bits per heavy atom. The van der Waals surface area contributed by atoms with Crippen LogP contribution < -0.4 is 21.6 Å². The molecule has 1 aromatic rings. The first-order valence-electron chi connectivity index (χ1n) is 11.5. The van der Waals surface area contributed by atoms with Crippen LogP contribution >= 0.6 is 0 Å². The van der Waals surface area contributed by atoms with Gasteiger partial charge in [0.05, 0.1) is 42.0 Å². The van der Waals surface area contributed by atoms with E-state index in [0.717, 1.165) is 50.0 Å². The number of hydrogen-bond acceptors (Lipinski definition) is 7. The quantitative estimate of drug-likeness (QED) is 0.294. The molecule has 172 valence electrons. The number of carbonyl (C=O) groups excluding carboxylic acids is 1. The van der Waals surface area contributed by atoms with E-state index >= 15 is 0 Å². The molecule has 8 heteroatoms. The highest BCUT2D eigenvalue weighted by Crippen LogP contribution is 2.44. The summed E-state index contributed by atoms with van der Waals surface area (Å²) in [4.78, 5) is 16.8. The smallest absolute Gasteiger partial charge is 0.407 e. The number of pyridine rings is 1. The molecule has 0 radical (unpaired) electrons. The van der Waals surface area contributed by atoms with Crippen molar-refractivity contribution in [1.82, 2.24) is 15.3 Å². The molecule has 2 fully saturated rings. The molecule has 2 aliphatic carbocycles. The van der Waals surface area contributed by atoms with Crippen molar-refractivity contribution in [3.05, 3.63) is 29.2 Å². The molecular weight excluding hydrogens is 394 g/mol. The highest BCUT2D eigenvalue weighted by Gasteiger charge is 2.30. The van der Waals surface area contributed by atoms with E-state index in [2.05, 4.69) is 5.32 Å². The Hall–Kier alpha value is -2.48. The number of unbranched alkanes of at least 4 members (excludes halogenated alkanes) is 1. The molecule has 2 saturated carbocycles. The molecule has 0 spiro atoms. The first-order chi connectivity index (χ1) is 15.0. The average Bonchev–Trinajstić information content (AvgIpc) is 3.60. The van der Waals surface area contributed by atoms with Crippen molar-refractivity contribution in [2.75, 3.05) is 20.2 Å². The maximum Gasteiger partial charge on any atom is 0.407 e. The molecule has 0 saturated heterocycles. The topological polar surface area (TPSA) is 116 Å². The summed E-state index contributed by atoms with van der Waals surface area (Å²) in [7, 11) is 1.69. The minimum Gasteiger partial charge on any atom is -0.489 e. The fraction of sp³-hybridized carbons (Fsp3) is 0.652. The number of ether oxygens (including phenoxy) is 2. The minimum atomic E-state index is -0.483. The lowest BCUT2D eigenvalue weighted by Gasteiger charge is -2.24. The zero-order chi connectivity index (χ0) is 22.2. The van der Waals surface area contributed by atoms with Crippen molar-refractivity contribution in [2.24, 2.45) is 11.6 Å². The van der Waals surface area contributed by atoms with Crippen LogP contribution in [0.4, 0.5) is 4.79 Å². The Balaban J connectivity index is 1.74. The zero-order valence-electron chi connectivity index (χ0n) is 18.9. The Morgan fingerprint density at radius 3 is 2.61 bits per heavy atom. The second-order valence-electron chi connectivity index (χ2n) is 8.55. The number of nitrogens with zero attached hydrogens (tertiary/aromatic N) is 2. The van der Waals surface area contributed by atoms with Gasteiger partial charge in [0.1, 0.15) is 5.75 Å². The molecular formula is C23H37N5O3. The maximum atomic E-state index is 11.9. The van der Waals surface area contributed by atoms with Crippen LogP contribution in [0.1, 0.15) is 82.0 Å². The highest BCUT2D eigenvalue weighted by atomic mass is 16.5. The van der Waals surface area contributed by atoms with Crippen molar-refractivity contribution in [1.29, 1.82) is 0 Å². The SMILES string of the molecule is CCCCOC(=O)NC/C(=C(/N)c1ccc(OC2CCCCC2)c(C2CC2)n1)N(C)N. The average molecular weight is 432 g/mol. The molecule has 8 nitrogen and oxygen atoms in total. The monoisotopic (exact) mass is 431 g/mol. The van der Waals surface area contributed by atoms with E-state index in [1.54, 1.807) is 7.05 Å². The zero-order valence-corrected chi connectivity index (χ0v) is 18.9. The second kappa shape index (κ2) is 11.2. The van der Waals surface area contributed by atoms with Crippen LogP contribution in [0.2, 0.25) is 0 Å². The van der Waals surface area contributed by atoms with E-state index in [-0.39, 0.29) is 12.6 Å². The first kappa shape index (κ1) is 23.2. The number of hydrogen-bond donors (Lipinski definition) is 3. The van der Waals surface area contributed by atoms with Gasteiger partial charge in [0.15, 0.2) is 0 Å². The van der Waals surface area contributed by atoms with Gasteiger partial charge in [-0.1, -0.05) is 19.8 Å². The van der Waals surface area contributed by atoms with Gasteiger partial charge in [0.2, 0.25) is 0 Å². The Bertz CT molecular complexity index is 770. The second-order valence-corrected chi connectivity index (χ2v) is 8.55. The molecule has 1 heterocycles. The number of aromatic nitrogens is 1. The number of carbonyl (C=O) groups is 1. The van der Waals surface area contributed by atoms with Gasteiger partial charge in [-0.15, -0.1) is 0 Å². The summed E-state index contributed by atoms with van der Waals surface area (Å²) in [6, 6.07) is 3.86. The number of alkyl carbamates (subject to hydrolysis) is 1. The Labute approximate surface area is 185 Å². The summed E-state index contributed by atoms with van der Waals surface area (Å²) >= 11 is 0. The van der Waals surface area contributed by atoms with Crippen molar-refractivity contribution in [2.45, 2.75) is 76.7 Å². The van der Waals surface area contributed by atoms with Gasteiger partial charge < -0.3 is 25.5 Å². The fourth-order valence-corrected chi connectivity index (χ4v) is 3.80. The lowest BCUT2D eigenvalue weighted by Crippen LogP contribution is -2.36. The van der Waals surface area contributed by atoms with Gasteiger partial charge in [0, 0.05) is 13.0 Å². The molecule has 0 atom stereocenters. The van der Waals surface area contributed by atoms with E-state index in [0.29, 0.717) is 29.6 Å². The summed E-state index contributed by atoms with van der Waals surface area (Å²) < 4.78 is 11.5. The number of nitrogens with two attached hydrogens (primary N) is 2. The predicted octanol–water partition coefficient (Wildman–Crippen LogP) is 3.63.